The second-order valence-electron chi connectivity index (χ2n) is 10.4. The zero-order valence-electron chi connectivity index (χ0n) is 22.4. The van der Waals surface area contributed by atoms with Crippen molar-refractivity contribution in [2.75, 3.05) is 25.5 Å². The van der Waals surface area contributed by atoms with Crippen LogP contribution in [0, 0.1) is 0 Å². The molecule has 0 saturated carbocycles. The van der Waals surface area contributed by atoms with Crippen molar-refractivity contribution in [1.82, 2.24) is 29.5 Å². The summed E-state index contributed by atoms with van der Waals surface area (Å²) in [6.07, 6.45) is -1.56. The zero-order valence-corrected chi connectivity index (χ0v) is 22.4. The van der Waals surface area contributed by atoms with E-state index in [1.54, 1.807) is 42.7 Å². The Morgan fingerprint density at radius 3 is 2.75 bits per heavy atom. The molecule has 1 aromatic carbocycles. The maximum Gasteiger partial charge on any atom is 0.406 e. The molecule has 4 heterocycles. The number of carbonyl (C=O) groups is 1. The maximum absolute atomic E-state index is 14.7. The third-order valence-electron chi connectivity index (χ3n) is 7.04. The zero-order chi connectivity index (χ0) is 28.6. The van der Waals surface area contributed by atoms with E-state index in [-0.39, 0.29) is 42.4 Å². The molecule has 1 saturated heterocycles. The quantitative estimate of drug-likeness (QED) is 0.294. The fraction of sp³-hybridized carbons (Fsp3) is 0.444. The number of nitrogens with zero attached hydrogens (tertiary/aromatic N) is 5. The summed E-state index contributed by atoms with van der Waals surface area (Å²) in [5.41, 5.74) is 1.38. The topological polar surface area (TPSA) is 93.2 Å². The molecule has 2 unspecified atom stereocenters. The van der Waals surface area contributed by atoms with E-state index in [2.05, 4.69) is 20.8 Å². The van der Waals surface area contributed by atoms with Gasteiger partial charge in [-0.25, -0.2) is 4.39 Å². The SMILES string of the molecule is CC(C)n1ccc(C(=O)NCc2nc(-c3cc4c(NC5CCN(C)CC5F)cccc4n3CC(F)(F)F)no2)c1. The lowest BCUT2D eigenvalue weighted by Crippen LogP contribution is -2.46. The number of halogens is 4. The number of carbonyl (C=O) groups excluding carboxylic acids is 1. The molecule has 1 aliphatic heterocycles. The van der Waals surface area contributed by atoms with Gasteiger partial charge in [-0.1, -0.05) is 11.2 Å². The van der Waals surface area contributed by atoms with Crippen LogP contribution in [0.25, 0.3) is 22.4 Å². The summed E-state index contributed by atoms with van der Waals surface area (Å²) in [6.45, 7) is 3.60. The monoisotopic (exact) mass is 561 g/mol. The van der Waals surface area contributed by atoms with E-state index >= 15 is 0 Å². The van der Waals surface area contributed by atoms with Gasteiger partial charge < -0.3 is 29.2 Å². The summed E-state index contributed by atoms with van der Waals surface area (Å²) in [4.78, 5) is 18.7. The second-order valence-corrected chi connectivity index (χ2v) is 10.4. The second kappa shape index (κ2) is 11.0. The summed E-state index contributed by atoms with van der Waals surface area (Å²) in [5, 5.41) is 10.3. The van der Waals surface area contributed by atoms with Crippen LogP contribution in [-0.2, 0) is 13.1 Å². The van der Waals surface area contributed by atoms with Crippen LogP contribution in [0.1, 0.15) is 42.6 Å². The van der Waals surface area contributed by atoms with Gasteiger partial charge in [0.2, 0.25) is 11.7 Å². The smallest absolute Gasteiger partial charge is 0.379 e. The Balaban J connectivity index is 1.40. The van der Waals surface area contributed by atoms with Gasteiger partial charge in [0.1, 0.15) is 12.7 Å². The molecular formula is C27H31F4N7O2. The lowest BCUT2D eigenvalue weighted by atomic mass is 10.0. The van der Waals surface area contributed by atoms with Crippen molar-refractivity contribution in [3.05, 3.63) is 54.2 Å². The minimum atomic E-state index is -4.52. The largest absolute Gasteiger partial charge is 0.406 e. The van der Waals surface area contributed by atoms with Crippen molar-refractivity contribution in [3.8, 4) is 11.5 Å². The van der Waals surface area contributed by atoms with Gasteiger partial charge in [-0.3, -0.25) is 4.79 Å². The molecule has 2 N–H and O–H groups in total. The number of alkyl halides is 4. The van der Waals surface area contributed by atoms with Crippen LogP contribution in [0.4, 0.5) is 23.2 Å². The van der Waals surface area contributed by atoms with Crippen LogP contribution in [-0.4, -0.2) is 68.6 Å². The third kappa shape index (κ3) is 5.98. The summed E-state index contributed by atoms with van der Waals surface area (Å²) >= 11 is 0. The normalized spacial score (nSPS) is 18.5. The lowest BCUT2D eigenvalue weighted by Gasteiger charge is -2.33. The molecular weight excluding hydrogens is 530 g/mol. The fourth-order valence-corrected chi connectivity index (χ4v) is 4.92. The number of piperidine rings is 1. The predicted octanol–water partition coefficient (Wildman–Crippen LogP) is 5.02. The first kappa shape index (κ1) is 27.7. The first-order valence-electron chi connectivity index (χ1n) is 13.1. The Bertz CT molecular complexity index is 1490. The van der Waals surface area contributed by atoms with Gasteiger partial charge in [0.05, 0.1) is 29.4 Å². The number of hydrogen-bond acceptors (Lipinski definition) is 6. The Labute approximate surface area is 228 Å². The third-order valence-corrected chi connectivity index (χ3v) is 7.04. The van der Waals surface area contributed by atoms with E-state index in [1.807, 2.05) is 30.4 Å². The maximum atomic E-state index is 14.7. The first-order valence-corrected chi connectivity index (χ1v) is 13.1. The Kier molecular flexibility index (Phi) is 7.58. The molecule has 1 fully saturated rings. The average molecular weight is 562 g/mol. The van der Waals surface area contributed by atoms with Crippen molar-refractivity contribution >= 4 is 22.5 Å². The minimum absolute atomic E-state index is 0.0420. The van der Waals surface area contributed by atoms with E-state index in [4.69, 9.17) is 4.52 Å². The van der Waals surface area contributed by atoms with Gasteiger partial charge in [-0.05, 0) is 51.6 Å². The molecule has 2 atom stereocenters. The van der Waals surface area contributed by atoms with Crippen molar-refractivity contribution in [2.24, 2.45) is 0 Å². The van der Waals surface area contributed by atoms with Gasteiger partial charge in [0.25, 0.3) is 5.91 Å². The van der Waals surface area contributed by atoms with Gasteiger partial charge in [-0.2, -0.15) is 18.2 Å². The number of rotatable bonds is 8. The van der Waals surface area contributed by atoms with Crippen molar-refractivity contribution in [2.45, 2.75) is 57.8 Å². The van der Waals surface area contributed by atoms with E-state index in [1.165, 1.54) is 0 Å². The lowest BCUT2D eigenvalue weighted by molar-refractivity contribution is -0.139. The molecule has 3 aromatic heterocycles. The van der Waals surface area contributed by atoms with Crippen LogP contribution >= 0.6 is 0 Å². The highest BCUT2D eigenvalue weighted by Crippen LogP contribution is 2.35. The molecule has 214 valence electrons. The number of likely N-dealkylation sites (tertiary alicyclic amines) is 1. The molecule has 9 nitrogen and oxygen atoms in total. The molecule has 5 rings (SSSR count). The molecule has 1 amide bonds. The van der Waals surface area contributed by atoms with Gasteiger partial charge in [-0.15, -0.1) is 0 Å². The Morgan fingerprint density at radius 1 is 1.25 bits per heavy atom. The van der Waals surface area contributed by atoms with E-state index in [9.17, 15) is 22.4 Å². The molecule has 1 aliphatic rings. The minimum Gasteiger partial charge on any atom is -0.379 e. The number of hydrogen-bond donors (Lipinski definition) is 2. The van der Waals surface area contributed by atoms with Crippen LogP contribution in [0.5, 0.6) is 0 Å². The summed E-state index contributed by atoms with van der Waals surface area (Å²) in [5.74, 6) is -0.356. The summed E-state index contributed by atoms with van der Waals surface area (Å²) in [6, 6.07) is 7.89. The Hall–Kier alpha value is -3.87. The van der Waals surface area contributed by atoms with Crippen LogP contribution < -0.4 is 10.6 Å². The van der Waals surface area contributed by atoms with E-state index in [0.29, 0.717) is 35.1 Å². The molecule has 13 heteroatoms. The van der Waals surface area contributed by atoms with E-state index in [0.717, 1.165) is 4.57 Å². The molecule has 0 bridgehead atoms. The van der Waals surface area contributed by atoms with Crippen molar-refractivity contribution in [1.29, 1.82) is 0 Å². The number of fused-ring (bicyclic) bond motifs is 1. The van der Waals surface area contributed by atoms with Crippen LogP contribution in [0.15, 0.2) is 47.2 Å². The van der Waals surface area contributed by atoms with E-state index < -0.39 is 24.9 Å². The molecule has 4 aromatic rings. The average Bonchev–Trinajstić information content (AvgIpc) is 3.63. The summed E-state index contributed by atoms with van der Waals surface area (Å²) in [7, 11) is 1.85. The first-order chi connectivity index (χ1) is 19.0. The number of aromatic nitrogens is 4. The van der Waals surface area contributed by atoms with Crippen molar-refractivity contribution in [3.63, 3.8) is 0 Å². The summed E-state index contributed by atoms with van der Waals surface area (Å²) < 4.78 is 63.8. The van der Waals surface area contributed by atoms with Gasteiger partial charge in [0, 0.05) is 42.6 Å². The number of anilines is 1. The van der Waals surface area contributed by atoms with Crippen LogP contribution in [0.3, 0.4) is 0 Å². The molecule has 40 heavy (non-hydrogen) atoms. The van der Waals surface area contributed by atoms with Gasteiger partial charge in [0.15, 0.2) is 0 Å². The predicted molar refractivity (Wildman–Crippen MR) is 142 cm³/mol. The number of nitrogens with one attached hydrogen (secondary N) is 2. The highest BCUT2D eigenvalue weighted by Gasteiger charge is 2.32. The Morgan fingerprint density at radius 2 is 2.05 bits per heavy atom. The molecule has 0 spiro atoms. The fourth-order valence-electron chi connectivity index (χ4n) is 4.92. The highest BCUT2D eigenvalue weighted by atomic mass is 19.4. The standard InChI is InChI=1S/C27H31F4N7O2/c1-16(2)37-10-7-17(13-37)26(39)32-12-24-34-25(35-40-24)23-11-18-20(33-21-8-9-36(3)14-19(21)28)5-4-6-22(18)38(23)15-27(29,30)31/h4-7,10-11,13,16,19,21,33H,8-9,12,14-15H2,1-3H3,(H,32,39). The van der Waals surface area contributed by atoms with Crippen LogP contribution in [0.2, 0.25) is 0 Å². The molecule has 0 aliphatic carbocycles. The number of amides is 1. The molecule has 0 radical (unpaired) electrons. The van der Waals surface area contributed by atoms with Gasteiger partial charge >= 0.3 is 6.18 Å². The van der Waals surface area contributed by atoms with Crippen molar-refractivity contribution < 1.29 is 26.9 Å². The number of benzene rings is 1. The highest BCUT2D eigenvalue weighted by molar-refractivity contribution is 5.96.